The van der Waals surface area contributed by atoms with Gasteiger partial charge in [-0.2, -0.15) is 0 Å². The van der Waals surface area contributed by atoms with E-state index < -0.39 is 0 Å². The topological polar surface area (TPSA) is 46.3 Å². The standard InChI is InChI=1S/C9H15NO2/c1-9(2,3)8-6-7(4-5-11)12-10-8/h6,11H,4-5H2,1-3H3. The number of aromatic nitrogens is 1. The summed E-state index contributed by atoms with van der Waals surface area (Å²) in [6.45, 7) is 6.34. The molecule has 0 bridgehead atoms. The maximum absolute atomic E-state index is 8.64. The Hall–Kier alpha value is -0.830. The average Bonchev–Trinajstić information content (AvgIpc) is 2.35. The molecule has 0 aliphatic carbocycles. The lowest BCUT2D eigenvalue weighted by Crippen LogP contribution is -2.10. The van der Waals surface area contributed by atoms with E-state index in [0.29, 0.717) is 6.42 Å². The minimum absolute atomic E-state index is 0.0250. The predicted molar refractivity (Wildman–Crippen MR) is 46.0 cm³/mol. The second kappa shape index (κ2) is 3.27. The Morgan fingerprint density at radius 2 is 2.17 bits per heavy atom. The lowest BCUT2D eigenvalue weighted by atomic mass is 9.92. The molecule has 0 unspecified atom stereocenters. The van der Waals surface area contributed by atoms with Gasteiger partial charge >= 0.3 is 0 Å². The minimum atomic E-state index is 0.0250. The van der Waals surface area contributed by atoms with Crippen molar-refractivity contribution in [1.82, 2.24) is 5.16 Å². The second-order valence-corrected chi connectivity index (χ2v) is 3.90. The van der Waals surface area contributed by atoms with Crippen molar-refractivity contribution in [2.45, 2.75) is 32.6 Å². The van der Waals surface area contributed by atoms with E-state index in [1.807, 2.05) is 6.07 Å². The van der Waals surface area contributed by atoms with E-state index in [-0.39, 0.29) is 12.0 Å². The van der Waals surface area contributed by atoms with Gasteiger partial charge in [0.05, 0.1) is 12.3 Å². The summed E-state index contributed by atoms with van der Waals surface area (Å²) in [6.07, 6.45) is 0.545. The molecule has 1 aromatic rings. The summed E-state index contributed by atoms with van der Waals surface area (Å²) in [7, 11) is 0. The molecule has 0 aliphatic rings. The van der Waals surface area contributed by atoms with Gasteiger partial charge in [0.1, 0.15) is 5.76 Å². The molecular formula is C9H15NO2. The van der Waals surface area contributed by atoms with Gasteiger partial charge in [-0.3, -0.25) is 0 Å². The number of rotatable bonds is 2. The monoisotopic (exact) mass is 169 g/mol. The maximum Gasteiger partial charge on any atom is 0.139 e. The van der Waals surface area contributed by atoms with Crippen molar-refractivity contribution < 1.29 is 9.63 Å². The maximum atomic E-state index is 8.64. The fourth-order valence-corrected chi connectivity index (χ4v) is 0.894. The zero-order valence-electron chi connectivity index (χ0n) is 7.79. The quantitative estimate of drug-likeness (QED) is 0.729. The van der Waals surface area contributed by atoms with Crippen LogP contribution >= 0.6 is 0 Å². The molecule has 0 saturated carbocycles. The van der Waals surface area contributed by atoms with Gasteiger partial charge in [0.25, 0.3) is 0 Å². The van der Waals surface area contributed by atoms with Crippen LogP contribution in [0.1, 0.15) is 32.2 Å². The number of aliphatic hydroxyl groups excluding tert-OH is 1. The smallest absolute Gasteiger partial charge is 0.139 e. The van der Waals surface area contributed by atoms with E-state index >= 15 is 0 Å². The Bertz CT molecular complexity index is 247. The minimum Gasteiger partial charge on any atom is -0.396 e. The molecule has 3 nitrogen and oxygen atoms in total. The summed E-state index contributed by atoms with van der Waals surface area (Å²) in [5, 5.41) is 12.6. The molecule has 0 fully saturated rings. The van der Waals surface area contributed by atoms with Crippen molar-refractivity contribution in [1.29, 1.82) is 0 Å². The van der Waals surface area contributed by atoms with Crippen LogP contribution in [0.3, 0.4) is 0 Å². The van der Waals surface area contributed by atoms with Crippen molar-refractivity contribution in [3.05, 3.63) is 17.5 Å². The van der Waals surface area contributed by atoms with Crippen LogP contribution in [-0.2, 0) is 11.8 Å². The van der Waals surface area contributed by atoms with Crippen molar-refractivity contribution >= 4 is 0 Å². The van der Waals surface area contributed by atoms with Gasteiger partial charge in [-0.15, -0.1) is 0 Å². The van der Waals surface area contributed by atoms with Crippen molar-refractivity contribution in [3.63, 3.8) is 0 Å². The SMILES string of the molecule is CC(C)(C)c1cc(CCO)on1. The highest BCUT2D eigenvalue weighted by molar-refractivity contribution is 5.13. The Labute approximate surface area is 72.4 Å². The summed E-state index contributed by atoms with van der Waals surface area (Å²) in [4.78, 5) is 0. The third-order valence-electron chi connectivity index (χ3n) is 1.69. The van der Waals surface area contributed by atoms with Crippen LogP contribution < -0.4 is 0 Å². The van der Waals surface area contributed by atoms with E-state index in [0.717, 1.165) is 11.5 Å². The van der Waals surface area contributed by atoms with Gasteiger partial charge in [-0.05, 0) is 0 Å². The van der Waals surface area contributed by atoms with Gasteiger partial charge in [-0.25, -0.2) is 0 Å². The molecule has 0 saturated heterocycles. The highest BCUT2D eigenvalue weighted by atomic mass is 16.5. The van der Waals surface area contributed by atoms with Crippen molar-refractivity contribution in [2.24, 2.45) is 0 Å². The first-order valence-corrected chi connectivity index (χ1v) is 4.11. The van der Waals surface area contributed by atoms with E-state index in [2.05, 4.69) is 25.9 Å². The first-order valence-electron chi connectivity index (χ1n) is 4.11. The fraction of sp³-hybridized carbons (Fsp3) is 0.667. The Morgan fingerprint density at radius 3 is 2.58 bits per heavy atom. The predicted octanol–water partition coefficient (Wildman–Crippen LogP) is 1.51. The van der Waals surface area contributed by atoms with Crippen LogP contribution in [-0.4, -0.2) is 16.9 Å². The van der Waals surface area contributed by atoms with Crippen molar-refractivity contribution in [2.75, 3.05) is 6.61 Å². The highest BCUT2D eigenvalue weighted by Crippen LogP contribution is 2.21. The zero-order chi connectivity index (χ0) is 9.19. The molecule has 12 heavy (non-hydrogen) atoms. The van der Waals surface area contributed by atoms with Gasteiger partial charge in [-0.1, -0.05) is 25.9 Å². The molecule has 0 radical (unpaired) electrons. The normalized spacial score (nSPS) is 12.0. The van der Waals surface area contributed by atoms with Gasteiger partial charge in [0.2, 0.25) is 0 Å². The van der Waals surface area contributed by atoms with Gasteiger partial charge in [0, 0.05) is 17.9 Å². The highest BCUT2D eigenvalue weighted by Gasteiger charge is 2.18. The Morgan fingerprint density at radius 1 is 1.50 bits per heavy atom. The van der Waals surface area contributed by atoms with Crippen LogP contribution in [0.5, 0.6) is 0 Å². The molecule has 1 N–H and O–H groups in total. The number of hydrogen-bond acceptors (Lipinski definition) is 3. The molecular weight excluding hydrogens is 154 g/mol. The average molecular weight is 169 g/mol. The van der Waals surface area contributed by atoms with Crippen LogP contribution in [0.15, 0.2) is 10.6 Å². The van der Waals surface area contributed by atoms with Crippen molar-refractivity contribution in [3.8, 4) is 0 Å². The van der Waals surface area contributed by atoms with E-state index in [4.69, 9.17) is 9.63 Å². The summed E-state index contributed by atoms with van der Waals surface area (Å²) in [5.41, 5.74) is 0.961. The zero-order valence-corrected chi connectivity index (χ0v) is 7.79. The lowest BCUT2D eigenvalue weighted by molar-refractivity contribution is 0.276. The summed E-state index contributed by atoms with van der Waals surface area (Å²) >= 11 is 0. The summed E-state index contributed by atoms with van der Waals surface area (Å²) < 4.78 is 5.02. The number of nitrogens with zero attached hydrogens (tertiary/aromatic N) is 1. The van der Waals surface area contributed by atoms with Crippen LogP contribution in [0.25, 0.3) is 0 Å². The molecule has 0 amide bonds. The largest absolute Gasteiger partial charge is 0.396 e. The third-order valence-corrected chi connectivity index (χ3v) is 1.69. The molecule has 68 valence electrons. The first-order chi connectivity index (χ1) is 5.54. The molecule has 0 atom stereocenters. The molecule has 0 aromatic carbocycles. The molecule has 1 rings (SSSR count). The summed E-state index contributed by atoms with van der Waals surface area (Å²) in [6, 6.07) is 1.90. The Kier molecular flexibility index (Phi) is 2.52. The van der Waals surface area contributed by atoms with E-state index in [1.165, 1.54) is 0 Å². The van der Waals surface area contributed by atoms with Gasteiger partial charge in [0.15, 0.2) is 0 Å². The molecule has 0 aliphatic heterocycles. The van der Waals surface area contributed by atoms with Crippen LogP contribution in [0.4, 0.5) is 0 Å². The molecule has 1 heterocycles. The molecule has 3 heteroatoms. The second-order valence-electron chi connectivity index (χ2n) is 3.90. The van der Waals surface area contributed by atoms with E-state index in [1.54, 1.807) is 0 Å². The van der Waals surface area contributed by atoms with E-state index in [9.17, 15) is 0 Å². The van der Waals surface area contributed by atoms with Crippen LogP contribution in [0, 0.1) is 0 Å². The summed E-state index contributed by atoms with van der Waals surface area (Å²) in [5.74, 6) is 0.752. The number of aliphatic hydroxyl groups is 1. The van der Waals surface area contributed by atoms with Crippen LogP contribution in [0.2, 0.25) is 0 Å². The molecule has 0 spiro atoms. The number of hydrogen-bond donors (Lipinski definition) is 1. The Balaban J connectivity index is 2.77. The fourth-order valence-electron chi connectivity index (χ4n) is 0.894. The third kappa shape index (κ3) is 2.08. The molecule has 1 aromatic heterocycles. The lowest BCUT2D eigenvalue weighted by Gasteiger charge is -2.12. The van der Waals surface area contributed by atoms with Gasteiger partial charge < -0.3 is 9.63 Å². The first kappa shape index (κ1) is 9.26.